The van der Waals surface area contributed by atoms with E-state index in [0.717, 1.165) is 5.56 Å². The summed E-state index contributed by atoms with van der Waals surface area (Å²) in [6.45, 7) is 0. The number of ketones is 1. The van der Waals surface area contributed by atoms with E-state index in [-0.39, 0.29) is 24.5 Å². The van der Waals surface area contributed by atoms with Crippen LogP contribution in [0.15, 0.2) is 67.0 Å². The first-order valence-electron chi connectivity index (χ1n) is 9.07. The van der Waals surface area contributed by atoms with Crippen LogP contribution in [0.3, 0.4) is 0 Å². The van der Waals surface area contributed by atoms with Crippen molar-refractivity contribution >= 4 is 11.7 Å². The van der Waals surface area contributed by atoms with Crippen LogP contribution in [0.1, 0.15) is 40.6 Å². The van der Waals surface area contributed by atoms with Gasteiger partial charge in [0.1, 0.15) is 17.6 Å². The van der Waals surface area contributed by atoms with Gasteiger partial charge in [0.25, 0.3) is 0 Å². The maximum Gasteiger partial charge on any atom is 0.221 e. The summed E-state index contributed by atoms with van der Waals surface area (Å²) in [5.74, 6) is 1.15. The van der Waals surface area contributed by atoms with E-state index in [1.54, 1.807) is 25.4 Å². The largest absolute Gasteiger partial charge is 0.497 e. The van der Waals surface area contributed by atoms with Gasteiger partial charge in [-0.15, -0.1) is 0 Å². The van der Waals surface area contributed by atoms with Crippen molar-refractivity contribution in [2.75, 3.05) is 7.11 Å². The van der Waals surface area contributed by atoms with Crippen LogP contribution in [0.25, 0.3) is 0 Å². The highest BCUT2D eigenvalue weighted by Gasteiger charge is 2.21. The summed E-state index contributed by atoms with van der Waals surface area (Å²) in [5.41, 5.74) is 1.47. The lowest BCUT2D eigenvalue weighted by atomic mass is 10.0. The number of hydrogen-bond acceptors (Lipinski definition) is 4. The normalized spacial score (nSPS) is 11.6. The summed E-state index contributed by atoms with van der Waals surface area (Å²) in [4.78, 5) is 29.2. The van der Waals surface area contributed by atoms with Crippen molar-refractivity contribution < 1.29 is 14.3 Å². The van der Waals surface area contributed by atoms with Crippen LogP contribution in [0.5, 0.6) is 5.75 Å². The minimum absolute atomic E-state index is 0.0503. The topological polar surface area (TPSA) is 73.2 Å². The number of carbonyl (C=O) groups is 2. The van der Waals surface area contributed by atoms with E-state index in [1.807, 2.05) is 60.3 Å². The van der Waals surface area contributed by atoms with E-state index in [1.165, 1.54) is 0 Å². The van der Waals surface area contributed by atoms with Gasteiger partial charge >= 0.3 is 0 Å². The number of imidazole rings is 1. The smallest absolute Gasteiger partial charge is 0.221 e. The summed E-state index contributed by atoms with van der Waals surface area (Å²) in [6, 6.07) is 16.1. The van der Waals surface area contributed by atoms with E-state index in [0.29, 0.717) is 17.1 Å². The summed E-state index contributed by atoms with van der Waals surface area (Å²) in [7, 11) is 3.48. The van der Waals surface area contributed by atoms with Crippen LogP contribution in [-0.2, 0) is 11.8 Å². The lowest BCUT2D eigenvalue weighted by molar-refractivity contribution is -0.121. The van der Waals surface area contributed by atoms with Gasteiger partial charge in [0.05, 0.1) is 7.11 Å². The van der Waals surface area contributed by atoms with Gasteiger partial charge in [-0.05, 0) is 17.7 Å². The maximum absolute atomic E-state index is 12.6. The molecule has 144 valence electrons. The fraction of sp³-hybridized carbons (Fsp3) is 0.227. The molecule has 0 saturated heterocycles. The van der Waals surface area contributed by atoms with Crippen LogP contribution in [-0.4, -0.2) is 28.4 Å². The second-order valence-electron chi connectivity index (χ2n) is 6.46. The van der Waals surface area contributed by atoms with E-state index < -0.39 is 6.04 Å². The zero-order valence-electron chi connectivity index (χ0n) is 16.0. The number of amides is 1. The van der Waals surface area contributed by atoms with E-state index in [4.69, 9.17) is 4.74 Å². The Labute approximate surface area is 164 Å². The first-order chi connectivity index (χ1) is 13.6. The SMILES string of the molecule is COc1cccc([C@@H](NC(=O)CCC(=O)c2ccccc2)c2nccn2C)c1. The lowest BCUT2D eigenvalue weighted by Gasteiger charge is -2.19. The Hall–Kier alpha value is -3.41. The molecule has 2 aromatic carbocycles. The maximum atomic E-state index is 12.6. The molecule has 0 unspecified atom stereocenters. The molecule has 0 aliphatic rings. The molecule has 6 heteroatoms. The van der Waals surface area contributed by atoms with E-state index >= 15 is 0 Å². The summed E-state index contributed by atoms with van der Waals surface area (Å²) >= 11 is 0. The molecule has 1 heterocycles. The number of ether oxygens (including phenoxy) is 1. The van der Waals surface area contributed by atoms with Gasteiger partial charge in [0.15, 0.2) is 5.78 Å². The molecule has 0 aliphatic carbocycles. The van der Waals surface area contributed by atoms with Crippen molar-refractivity contribution in [2.45, 2.75) is 18.9 Å². The van der Waals surface area contributed by atoms with E-state index in [2.05, 4.69) is 10.3 Å². The van der Waals surface area contributed by atoms with Crippen molar-refractivity contribution in [3.05, 3.63) is 83.9 Å². The molecular weight excluding hydrogens is 354 g/mol. The molecule has 3 aromatic rings. The number of Topliss-reactive ketones (excluding diaryl/α,β-unsaturated/α-hetero) is 1. The number of nitrogens with one attached hydrogen (secondary N) is 1. The number of benzene rings is 2. The predicted octanol–water partition coefficient (Wildman–Crippen LogP) is 3.30. The van der Waals surface area contributed by atoms with Crippen LogP contribution < -0.4 is 10.1 Å². The average molecular weight is 377 g/mol. The Morgan fingerprint density at radius 1 is 1.11 bits per heavy atom. The molecule has 1 aromatic heterocycles. The third kappa shape index (κ3) is 4.65. The molecule has 0 aliphatic heterocycles. The fourth-order valence-corrected chi connectivity index (χ4v) is 3.00. The number of rotatable bonds is 8. The second-order valence-corrected chi connectivity index (χ2v) is 6.46. The minimum atomic E-state index is -0.436. The number of aromatic nitrogens is 2. The predicted molar refractivity (Wildman–Crippen MR) is 106 cm³/mol. The summed E-state index contributed by atoms with van der Waals surface area (Å²) in [5, 5.41) is 3.00. The fourth-order valence-electron chi connectivity index (χ4n) is 3.00. The molecule has 1 amide bonds. The highest BCUT2D eigenvalue weighted by Crippen LogP contribution is 2.24. The van der Waals surface area contributed by atoms with Crippen molar-refractivity contribution in [3.63, 3.8) is 0 Å². The number of aryl methyl sites for hydroxylation is 1. The molecule has 0 bridgehead atoms. The average Bonchev–Trinajstić information content (AvgIpc) is 3.16. The molecule has 28 heavy (non-hydrogen) atoms. The molecule has 1 N–H and O–H groups in total. The molecule has 1 atom stereocenters. The van der Waals surface area contributed by atoms with Crippen molar-refractivity contribution in [2.24, 2.45) is 7.05 Å². The van der Waals surface area contributed by atoms with Gasteiger partial charge < -0.3 is 14.6 Å². The molecular formula is C22H23N3O3. The van der Waals surface area contributed by atoms with Crippen molar-refractivity contribution in [1.82, 2.24) is 14.9 Å². The Morgan fingerprint density at radius 2 is 1.89 bits per heavy atom. The molecule has 0 radical (unpaired) electrons. The monoisotopic (exact) mass is 377 g/mol. The van der Waals surface area contributed by atoms with Crippen LogP contribution in [0.4, 0.5) is 0 Å². The Kier molecular flexibility index (Phi) is 6.22. The number of hydrogen-bond donors (Lipinski definition) is 1. The number of nitrogens with zero attached hydrogens (tertiary/aromatic N) is 2. The third-order valence-corrected chi connectivity index (χ3v) is 4.52. The minimum Gasteiger partial charge on any atom is -0.497 e. The lowest BCUT2D eigenvalue weighted by Crippen LogP contribution is -2.31. The first kappa shape index (κ1) is 19.4. The van der Waals surface area contributed by atoms with Gasteiger partial charge in [0, 0.05) is 37.8 Å². The summed E-state index contributed by atoms with van der Waals surface area (Å²) in [6.07, 6.45) is 3.78. The molecule has 6 nitrogen and oxygen atoms in total. The zero-order valence-corrected chi connectivity index (χ0v) is 16.0. The highest BCUT2D eigenvalue weighted by molar-refractivity contribution is 5.97. The Morgan fingerprint density at radius 3 is 2.57 bits per heavy atom. The number of methoxy groups -OCH3 is 1. The van der Waals surface area contributed by atoms with Crippen molar-refractivity contribution in [1.29, 1.82) is 0 Å². The first-order valence-corrected chi connectivity index (χ1v) is 9.07. The molecule has 0 saturated carbocycles. The van der Waals surface area contributed by atoms with Crippen LogP contribution in [0, 0.1) is 0 Å². The third-order valence-electron chi connectivity index (χ3n) is 4.52. The highest BCUT2D eigenvalue weighted by atomic mass is 16.5. The quantitative estimate of drug-likeness (QED) is 0.612. The van der Waals surface area contributed by atoms with Crippen molar-refractivity contribution in [3.8, 4) is 5.75 Å². The zero-order chi connectivity index (χ0) is 19.9. The van der Waals surface area contributed by atoms with Gasteiger partial charge in [-0.3, -0.25) is 9.59 Å². The van der Waals surface area contributed by atoms with E-state index in [9.17, 15) is 9.59 Å². The Balaban J connectivity index is 1.73. The second kappa shape index (κ2) is 8.99. The Bertz CT molecular complexity index is 950. The van der Waals surface area contributed by atoms with Gasteiger partial charge in [-0.1, -0.05) is 42.5 Å². The van der Waals surface area contributed by atoms with Gasteiger partial charge in [0.2, 0.25) is 5.91 Å². The number of carbonyl (C=O) groups excluding carboxylic acids is 2. The van der Waals surface area contributed by atoms with Gasteiger partial charge in [-0.25, -0.2) is 4.98 Å². The summed E-state index contributed by atoms with van der Waals surface area (Å²) < 4.78 is 7.16. The molecule has 0 spiro atoms. The standard InChI is InChI=1S/C22H23N3O3/c1-25-14-13-23-22(25)21(17-9-6-10-18(15-17)28-2)24-20(27)12-11-19(26)16-7-4-3-5-8-16/h3-10,13-15,21H,11-12H2,1-2H3,(H,24,27)/t21-/m1/s1. The van der Waals surface area contributed by atoms with Crippen LogP contribution in [0.2, 0.25) is 0 Å². The molecule has 0 fully saturated rings. The van der Waals surface area contributed by atoms with Gasteiger partial charge in [-0.2, -0.15) is 0 Å². The van der Waals surface area contributed by atoms with Crippen LogP contribution >= 0.6 is 0 Å². The molecule has 3 rings (SSSR count).